The Balaban J connectivity index is 1.94. The van der Waals surface area contributed by atoms with E-state index in [0.29, 0.717) is 0 Å². The van der Waals surface area contributed by atoms with Crippen LogP contribution in [0.3, 0.4) is 0 Å². The summed E-state index contributed by atoms with van der Waals surface area (Å²) in [6, 6.07) is 11.9. The van der Waals surface area contributed by atoms with Crippen LogP contribution in [0.4, 0.5) is 0 Å². The summed E-state index contributed by atoms with van der Waals surface area (Å²) in [7, 11) is 1.86. The fourth-order valence-corrected chi connectivity index (χ4v) is 2.86. The Morgan fingerprint density at radius 1 is 1.26 bits per heavy atom. The topological polar surface area (TPSA) is 20.3 Å². The lowest BCUT2D eigenvalue weighted by Gasteiger charge is -2.16. The molecule has 1 heterocycles. The Bertz CT molecular complexity index is 522. The maximum atomic E-state index is 12.2. The number of carbonyl (C=O) groups is 1. The number of nitrogens with zero attached hydrogens (tertiary/aromatic N) is 1. The molecule has 0 radical (unpaired) electrons. The van der Waals surface area contributed by atoms with E-state index in [0.717, 1.165) is 23.9 Å². The van der Waals surface area contributed by atoms with Crippen molar-refractivity contribution in [1.82, 2.24) is 4.90 Å². The molecule has 0 bridgehead atoms. The standard InChI is InChI=1S/C15H16BrNOS/c1-17(9-8-14-3-2-10-19-14)15(18)13-6-4-12(11-16)5-7-13/h2-7,10H,8-9,11H2,1H3. The Morgan fingerprint density at radius 2 is 2.00 bits per heavy atom. The van der Waals surface area contributed by atoms with E-state index in [1.807, 2.05) is 37.4 Å². The van der Waals surface area contributed by atoms with E-state index in [2.05, 4.69) is 27.4 Å². The second-order valence-corrected chi connectivity index (χ2v) is 5.98. The number of likely N-dealkylation sites (N-methyl/N-ethyl adjacent to an activating group) is 1. The third-order valence-corrected chi connectivity index (χ3v) is 4.56. The van der Waals surface area contributed by atoms with Crippen LogP contribution in [-0.2, 0) is 11.8 Å². The van der Waals surface area contributed by atoms with Gasteiger partial charge in [0, 0.05) is 29.4 Å². The van der Waals surface area contributed by atoms with Crippen molar-refractivity contribution in [1.29, 1.82) is 0 Å². The maximum absolute atomic E-state index is 12.2. The highest BCUT2D eigenvalue weighted by atomic mass is 79.9. The first-order chi connectivity index (χ1) is 9.20. The van der Waals surface area contributed by atoms with Gasteiger partial charge in [0.1, 0.15) is 0 Å². The SMILES string of the molecule is CN(CCc1cccs1)C(=O)c1ccc(CBr)cc1. The average Bonchev–Trinajstić information content (AvgIpc) is 2.97. The summed E-state index contributed by atoms with van der Waals surface area (Å²) in [5.41, 5.74) is 1.93. The molecular formula is C15H16BrNOS. The van der Waals surface area contributed by atoms with Crippen LogP contribution in [0.5, 0.6) is 0 Å². The molecule has 0 aliphatic heterocycles. The quantitative estimate of drug-likeness (QED) is 0.756. The highest BCUT2D eigenvalue weighted by Crippen LogP contribution is 2.12. The van der Waals surface area contributed by atoms with E-state index >= 15 is 0 Å². The molecule has 0 spiro atoms. The largest absolute Gasteiger partial charge is 0.341 e. The van der Waals surface area contributed by atoms with Gasteiger partial charge in [-0.1, -0.05) is 34.1 Å². The number of thiophene rings is 1. The molecule has 0 atom stereocenters. The van der Waals surface area contributed by atoms with E-state index in [-0.39, 0.29) is 5.91 Å². The normalized spacial score (nSPS) is 10.4. The zero-order chi connectivity index (χ0) is 13.7. The molecule has 0 aliphatic carbocycles. The molecule has 1 amide bonds. The molecule has 0 aliphatic rings. The Labute approximate surface area is 126 Å². The number of hydrogen-bond donors (Lipinski definition) is 0. The van der Waals surface area contributed by atoms with Crippen molar-refractivity contribution in [2.75, 3.05) is 13.6 Å². The molecule has 2 aromatic rings. The highest BCUT2D eigenvalue weighted by Gasteiger charge is 2.11. The molecule has 100 valence electrons. The number of rotatable bonds is 5. The van der Waals surface area contributed by atoms with Gasteiger partial charge in [-0.05, 0) is 35.6 Å². The van der Waals surface area contributed by atoms with Crippen LogP contribution in [-0.4, -0.2) is 24.4 Å². The van der Waals surface area contributed by atoms with Gasteiger partial charge in [0.05, 0.1) is 0 Å². The van der Waals surface area contributed by atoms with Gasteiger partial charge in [-0.3, -0.25) is 4.79 Å². The van der Waals surface area contributed by atoms with Crippen LogP contribution in [0.2, 0.25) is 0 Å². The number of benzene rings is 1. The number of alkyl halides is 1. The van der Waals surface area contributed by atoms with E-state index in [1.165, 1.54) is 10.4 Å². The van der Waals surface area contributed by atoms with Crippen molar-refractivity contribution >= 4 is 33.2 Å². The van der Waals surface area contributed by atoms with Gasteiger partial charge >= 0.3 is 0 Å². The van der Waals surface area contributed by atoms with Gasteiger partial charge in [0.2, 0.25) is 0 Å². The average molecular weight is 338 g/mol. The molecule has 2 nitrogen and oxygen atoms in total. The summed E-state index contributed by atoms with van der Waals surface area (Å²) in [6.07, 6.45) is 0.916. The molecular weight excluding hydrogens is 322 g/mol. The first kappa shape index (κ1) is 14.3. The van der Waals surface area contributed by atoms with Crippen molar-refractivity contribution < 1.29 is 4.79 Å². The lowest BCUT2D eigenvalue weighted by Crippen LogP contribution is -2.28. The smallest absolute Gasteiger partial charge is 0.253 e. The Hall–Kier alpha value is -1.13. The van der Waals surface area contributed by atoms with E-state index in [4.69, 9.17) is 0 Å². The fraction of sp³-hybridized carbons (Fsp3) is 0.267. The maximum Gasteiger partial charge on any atom is 0.253 e. The predicted octanol–water partition coefficient (Wildman–Crippen LogP) is 3.96. The second kappa shape index (κ2) is 6.87. The first-order valence-corrected chi connectivity index (χ1v) is 8.13. The first-order valence-electron chi connectivity index (χ1n) is 6.13. The fourth-order valence-electron chi connectivity index (χ4n) is 1.79. The predicted molar refractivity (Wildman–Crippen MR) is 84.1 cm³/mol. The van der Waals surface area contributed by atoms with Crippen LogP contribution < -0.4 is 0 Å². The molecule has 1 aromatic carbocycles. The van der Waals surface area contributed by atoms with Crippen LogP contribution in [0, 0.1) is 0 Å². The van der Waals surface area contributed by atoms with Crippen LogP contribution >= 0.6 is 27.3 Å². The van der Waals surface area contributed by atoms with Crippen LogP contribution in [0.25, 0.3) is 0 Å². The van der Waals surface area contributed by atoms with Gasteiger partial charge in [0.15, 0.2) is 0 Å². The summed E-state index contributed by atoms with van der Waals surface area (Å²) in [5, 5.41) is 2.88. The summed E-state index contributed by atoms with van der Waals surface area (Å²) in [4.78, 5) is 15.3. The third kappa shape index (κ3) is 3.91. The summed E-state index contributed by atoms with van der Waals surface area (Å²) in [5.74, 6) is 0.0812. The molecule has 19 heavy (non-hydrogen) atoms. The summed E-state index contributed by atoms with van der Waals surface area (Å²) < 4.78 is 0. The molecule has 4 heteroatoms. The lowest BCUT2D eigenvalue weighted by molar-refractivity contribution is 0.0797. The second-order valence-electron chi connectivity index (χ2n) is 4.39. The molecule has 0 fully saturated rings. The van der Waals surface area contributed by atoms with Crippen molar-refractivity contribution in [3.63, 3.8) is 0 Å². The van der Waals surface area contributed by atoms with E-state index in [1.54, 1.807) is 16.2 Å². The minimum atomic E-state index is 0.0812. The minimum absolute atomic E-state index is 0.0812. The number of amides is 1. The molecule has 0 saturated heterocycles. The summed E-state index contributed by atoms with van der Waals surface area (Å²) >= 11 is 5.13. The molecule has 2 rings (SSSR count). The molecule has 1 aromatic heterocycles. The van der Waals surface area contributed by atoms with Gasteiger partial charge in [-0.15, -0.1) is 11.3 Å². The van der Waals surface area contributed by atoms with Gasteiger partial charge in [-0.2, -0.15) is 0 Å². The summed E-state index contributed by atoms with van der Waals surface area (Å²) in [6.45, 7) is 0.750. The zero-order valence-electron chi connectivity index (χ0n) is 10.8. The zero-order valence-corrected chi connectivity index (χ0v) is 13.2. The Kier molecular flexibility index (Phi) is 5.16. The van der Waals surface area contributed by atoms with Crippen molar-refractivity contribution in [2.24, 2.45) is 0 Å². The van der Waals surface area contributed by atoms with E-state index in [9.17, 15) is 4.79 Å². The monoisotopic (exact) mass is 337 g/mol. The van der Waals surface area contributed by atoms with Gasteiger partial charge in [0.25, 0.3) is 5.91 Å². The number of carbonyl (C=O) groups excluding carboxylic acids is 1. The van der Waals surface area contributed by atoms with Gasteiger partial charge < -0.3 is 4.90 Å². The number of halogens is 1. The highest BCUT2D eigenvalue weighted by molar-refractivity contribution is 9.08. The van der Waals surface area contributed by atoms with Crippen molar-refractivity contribution in [3.8, 4) is 0 Å². The van der Waals surface area contributed by atoms with Crippen molar-refractivity contribution in [3.05, 3.63) is 57.8 Å². The third-order valence-electron chi connectivity index (χ3n) is 2.98. The lowest BCUT2D eigenvalue weighted by atomic mass is 10.1. The van der Waals surface area contributed by atoms with Crippen LogP contribution in [0.15, 0.2) is 41.8 Å². The Morgan fingerprint density at radius 3 is 2.58 bits per heavy atom. The van der Waals surface area contributed by atoms with Gasteiger partial charge in [-0.25, -0.2) is 0 Å². The van der Waals surface area contributed by atoms with Crippen LogP contribution in [0.1, 0.15) is 20.8 Å². The molecule has 0 unspecified atom stereocenters. The minimum Gasteiger partial charge on any atom is -0.341 e. The van der Waals surface area contributed by atoms with Crippen molar-refractivity contribution in [2.45, 2.75) is 11.8 Å². The number of hydrogen-bond acceptors (Lipinski definition) is 2. The molecule has 0 N–H and O–H groups in total. The molecule has 0 saturated carbocycles. The van der Waals surface area contributed by atoms with E-state index < -0.39 is 0 Å².